The topological polar surface area (TPSA) is 0 Å². The number of rotatable bonds is 11. The van der Waals surface area contributed by atoms with E-state index in [0.717, 1.165) is 17.8 Å². The summed E-state index contributed by atoms with van der Waals surface area (Å²) in [6.45, 7) is 11.8. The zero-order valence-electron chi connectivity index (χ0n) is 13.1. The van der Waals surface area contributed by atoms with E-state index < -0.39 is 0 Å². The van der Waals surface area contributed by atoms with Crippen LogP contribution in [0, 0.1) is 17.8 Å². The highest BCUT2D eigenvalue weighted by atomic mass is 14.1. The molecule has 0 heterocycles. The van der Waals surface area contributed by atoms with Crippen LogP contribution in [0.4, 0.5) is 0 Å². The van der Waals surface area contributed by atoms with Gasteiger partial charge in [0, 0.05) is 0 Å². The predicted molar refractivity (Wildman–Crippen MR) is 80.4 cm³/mol. The first-order chi connectivity index (χ1) is 8.06. The Hall–Kier alpha value is 0. The van der Waals surface area contributed by atoms with Crippen molar-refractivity contribution in [3.05, 3.63) is 0 Å². The van der Waals surface area contributed by atoms with Gasteiger partial charge in [-0.25, -0.2) is 0 Å². The Bertz CT molecular complexity index is 148. The summed E-state index contributed by atoms with van der Waals surface area (Å²) >= 11 is 0. The summed E-state index contributed by atoms with van der Waals surface area (Å²) in [5.41, 5.74) is 0. The van der Waals surface area contributed by atoms with Crippen LogP contribution in [-0.2, 0) is 0 Å². The second-order valence-corrected chi connectivity index (χ2v) is 6.61. The Labute approximate surface area is 111 Å². The van der Waals surface area contributed by atoms with Gasteiger partial charge in [0.1, 0.15) is 0 Å². The fourth-order valence-corrected chi connectivity index (χ4v) is 2.56. The monoisotopic (exact) mass is 240 g/mol. The lowest BCUT2D eigenvalue weighted by molar-refractivity contribution is 0.400. The maximum atomic E-state index is 2.43. The molecule has 0 saturated heterocycles. The molecule has 0 aromatic carbocycles. The lowest BCUT2D eigenvalue weighted by Gasteiger charge is -2.13. The van der Waals surface area contributed by atoms with Crippen molar-refractivity contribution in [2.24, 2.45) is 17.8 Å². The van der Waals surface area contributed by atoms with Crippen LogP contribution in [0.15, 0.2) is 0 Å². The minimum Gasteiger partial charge on any atom is -0.0654 e. The Morgan fingerprint density at radius 3 is 1.59 bits per heavy atom. The Balaban J connectivity index is 3.27. The van der Waals surface area contributed by atoms with Crippen molar-refractivity contribution >= 4 is 0 Å². The first kappa shape index (κ1) is 17.0. The van der Waals surface area contributed by atoms with Gasteiger partial charge >= 0.3 is 0 Å². The molecule has 0 aromatic rings. The normalized spacial score (nSPS) is 15.2. The summed E-state index contributed by atoms with van der Waals surface area (Å²) in [5.74, 6) is 2.79. The summed E-state index contributed by atoms with van der Waals surface area (Å²) in [6, 6.07) is 0. The molecule has 0 nitrogen and oxygen atoms in total. The molecule has 0 spiro atoms. The molecule has 17 heavy (non-hydrogen) atoms. The molecule has 2 unspecified atom stereocenters. The zero-order chi connectivity index (χ0) is 13.1. The van der Waals surface area contributed by atoms with Crippen molar-refractivity contribution in [1.82, 2.24) is 0 Å². The van der Waals surface area contributed by atoms with E-state index in [-0.39, 0.29) is 0 Å². The molecule has 0 radical (unpaired) electrons. The van der Waals surface area contributed by atoms with Gasteiger partial charge in [-0.05, 0) is 17.8 Å². The van der Waals surface area contributed by atoms with E-state index in [1.807, 2.05) is 0 Å². The molecule has 0 rings (SSSR count). The summed E-state index contributed by atoms with van der Waals surface area (Å²) in [7, 11) is 0. The van der Waals surface area contributed by atoms with Crippen molar-refractivity contribution in [1.29, 1.82) is 0 Å². The van der Waals surface area contributed by atoms with Crippen LogP contribution >= 0.6 is 0 Å². The Morgan fingerprint density at radius 2 is 1.12 bits per heavy atom. The van der Waals surface area contributed by atoms with Gasteiger partial charge in [0.25, 0.3) is 0 Å². The van der Waals surface area contributed by atoms with E-state index in [0.29, 0.717) is 0 Å². The molecule has 0 aromatic heterocycles. The van der Waals surface area contributed by atoms with Crippen molar-refractivity contribution in [2.45, 2.75) is 92.4 Å². The standard InChI is InChI=1S/C17H36/c1-6-10-16(4)11-8-7-9-12-17(5)14-13-15(2)3/h15-17H,6-14H2,1-5H3. The van der Waals surface area contributed by atoms with Crippen LogP contribution in [0.3, 0.4) is 0 Å². The lowest BCUT2D eigenvalue weighted by Crippen LogP contribution is -1.98. The lowest BCUT2D eigenvalue weighted by atomic mass is 9.93. The van der Waals surface area contributed by atoms with Gasteiger partial charge in [0.05, 0.1) is 0 Å². The maximum absolute atomic E-state index is 2.43. The number of unbranched alkanes of at least 4 members (excludes halogenated alkanes) is 2. The highest BCUT2D eigenvalue weighted by Crippen LogP contribution is 2.20. The summed E-state index contributed by atoms with van der Waals surface area (Å²) in [5, 5.41) is 0. The first-order valence-electron chi connectivity index (χ1n) is 8.06. The molecule has 0 amide bonds. The molecule has 0 bridgehead atoms. The second kappa shape index (κ2) is 11.1. The maximum Gasteiger partial charge on any atom is -0.0443 e. The third kappa shape index (κ3) is 12.2. The molecule has 0 fully saturated rings. The zero-order valence-corrected chi connectivity index (χ0v) is 13.1. The molecular weight excluding hydrogens is 204 g/mol. The van der Waals surface area contributed by atoms with Crippen molar-refractivity contribution in [2.75, 3.05) is 0 Å². The number of hydrogen-bond donors (Lipinski definition) is 0. The molecule has 0 heteroatoms. The number of hydrogen-bond acceptors (Lipinski definition) is 0. The SMILES string of the molecule is CCCC(C)CCCCCC(C)CCC(C)C. The fraction of sp³-hybridized carbons (Fsp3) is 1.00. The third-order valence-electron chi connectivity index (χ3n) is 3.91. The van der Waals surface area contributed by atoms with Crippen LogP contribution in [-0.4, -0.2) is 0 Å². The van der Waals surface area contributed by atoms with Gasteiger partial charge < -0.3 is 0 Å². The molecule has 2 atom stereocenters. The van der Waals surface area contributed by atoms with Crippen LogP contribution in [0.2, 0.25) is 0 Å². The predicted octanol–water partition coefficient (Wildman–Crippen LogP) is 6.45. The first-order valence-corrected chi connectivity index (χ1v) is 8.06. The fourth-order valence-electron chi connectivity index (χ4n) is 2.56. The minimum absolute atomic E-state index is 0.882. The molecular formula is C17H36. The van der Waals surface area contributed by atoms with E-state index >= 15 is 0 Å². The highest BCUT2D eigenvalue weighted by molar-refractivity contribution is 4.58. The average molecular weight is 240 g/mol. The second-order valence-electron chi connectivity index (χ2n) is 6.61. The van der Waals surface area contributed by atoms with Gasteiger partial charge in [0.2, 0.25) is 0 Å². The largest absolute Gasteiger partial charge is 0.0654 e. The van der Waals surface area contributed by atoms with E-state index in [1.165, 1.54) is 57.8 Å². The van der Waals surface area contributed by atoms with Crippen LogP contribution < -0.4 is 0 Å². The van der Waals surface area contributed by atoms with Crippen molar-refractivity contribution < 1.29 is 0 Å². The van der Waals surface area contributed by atoms with Gasteiger partial charge in [-0.2, -0.15) is 0 Å². The Kier molecular flexibility index (Phi) is 11.1. The summed E-state index contributed by atoms with van der Waals surface area (Å²) in [4.78, 5) is 0. The highest BCUT2D eigenvalue weighted by Gasteiger charge is 2.04. The van der Waals surface area contributed by atoms with E-state index in [1.54, 1.807) is 0 Å². The van der Waals surface area contributed by atoms with Gasteiger partial charge in [-0.1, -0.05) is 92.4 Å². The summed E-state index contributed by atoms with van der Waals surface area (Å²) in [6.07, 6.45) is 12.9. The van der Waals surface area contributed by atoms with Crippen LogP contribution in [0.1, 0.15) is 92.4 Å². The van der Waals surface area contributed by atoms with E-state index in [2.05, 4.69) is 34.6 Å². The van der Waals surface area contributed by atoms with E-state index in [4.69, 9.17) is 0 Å². The Morgan fingerprint density at radius 1 is 0.588 bits per heavy atom. The molecule has 0 aliphatic carbocycles. The van der Waals surface area contributed by atoms with Gasteiger partial charge in [0.15, 0.2) is 0 Å². The minimum atomic E-state index is 0.882. The van der Waals surface area contributed by atoms with Crippen molar-refractivity contribution in [3.63, 3.8) is 0 Å². The van der Waals surface area contributed by atoms with Gasteiger partial charge in [-0.3, -0.25) is 0 Å². The third-order valence-corrected chi connectivity index (χ3v) is 3.91. The molecule has 0 aliphatic heterocycles. The van der Waals surface area contributed by atoms with Crippen molar-refractivity contribution in [3.8, 4) is 0 Å². The molecule has 0 N–H and O–H groups in total. The molecule has 0 saturated carbocycles. The van der Waals surface area contributed by atoms with Crippen LogP contribution in [0.5, 0.6) is 0 Å². The van der Waals surface area contributed by atoms with Crippen LogP contribution in [0.25, 0.3) is 0 Å². The molecule has 0 aliphatic rings. The quantitative estimate of drug-likeness (QED) is 0.364. The van der Waals surface area contributed by atoms with E-state index in [9.17, 15) is 0 Å². The smallest absolute Gasteiger partial charge is 0.0443 e. The summed E-state index contributed by atoms with van der Waals surface area (Å²) < 4.78 is 0. The average Bonchev–Trinajstić information content (AvgIpc) is 2.26. The van der Waals surface area contributed by atoms with Gasteiger partial charge in [-0.15, -0.1) is 0 Å². The molecule has 104 valence electrons.